The summed E-state index contributed by atoms with van der Waals surface area (Å²) < 4.78 is 15.6. The third kappa shape index (κ3) is 2.55. The van der Waals surface area contributed by atoms with Crippen molar-refractivity contribution in [3.8, 4) is 5.88 Å². The predicted molar refractivity (Wildman–Crippen MR) is 90.0 cm³/mol. The Bertz CT molecular complexity index is 682. The minimum atomic E-state index is -0.492. The van der Waals surface area contributed by atoms with Gasteiger partial charge in [-0.15, -0.1) is 0 Å². The summed E-state index contributed by atoms with van der Waals surface area (Å²) >= 11 is 0. The second-order valence-corrected chi connectivity index (χ2v) is 7.25. The molecule has 0 aromatic carbocycles. The number of carbonyl (C=O) groups is 1. The number of methoxy groups -OCH3 is 2. The highest BCUT2D eigenvalue weighted by Gasteiger charge is 2.70. The van der Waals surface area contributed by atoms with Crippen LogP contribution in [0, 0.1) is 6.92 Å². The minimum absolute atomic E-state index is 0.00683. The maximum atomic E-state index is 12.2. The maximum absolute atomic E-state index is 12.2. The number of aromatic nitrogens is 2. The summed E-state index contributed by atoms with van der Waals surface area (Å²) in [7, 11) is 2.84. The summed E-state index contributed by atoms with van der Waals surface area (Å²) in [6.45, 7) is 5.42. The summed E-state index contributed by atoms with van der Waals surface area (Å²) in [6, 6.07) is 0. The molecule has 136 valence electrons. The number of hydrogen-bond donors (Lipinski definition) is 1. The molecule has 8 nitrogen and oxygen atoms in total. The van der Waals surface area contributed by atoms with E-state index in [4.69, 9.17) is 14.2 Å². The Morgan fingerprint density at radius 2 is 1.88 bits per heavy atom. The van der Waals surface area contributed by atoms with Gasteiger partial charge in [-0.1, -0.05) is 0 Å². The van der Waals surface area contributed by atoms with Crippen LogP contribution in [0.15, 0.2) is 0 Å². The molecule has 5 rings (SSSR count). The van der Waals surface area contributed by atoms with E-state index in [1.165, 1.54) is 14.2 Å². The number of hydrogen-bond acceptors (Lipinski definition) is 8. The van der Waals surface area contributed by atoms with E-state index in [0.717, 1.165) is 45.6 Å². The first-order chi connectivity index (χ1) is 12.0. The number of nitrogens with one attached hydrogen (secondary N) is 1. The molecule has 25 heavy (non-hydrogen) atoms. The second-order valence-electron chi connectivity index (χ2n) is 7.25. The first-order valence-electron chi connectivity index (χ1n) is 8.63. The van der Waals surface area contributed by atoms with Crippen molar-refractivity contribution in [3.63, 3.8) is 0 Å². The predicted octanol–water partition coefficient (Wildman–Crippen LogP) is 0.999. The van der Waals surface area contributed by atoms with Crippen molar-refractivity contribution in [2.75, 3.05) is 45.8 Å². The van der Waals surface area contributed by atoms with Crippen LogP contribution in [0.3, 0.4) is 0 Å². The molecule has 0 amide bonds. The van der Waals surface area contributed by atoms with Crippen LogP contribution < -0.4 is 10.1 Å². The molecule has 4 fully saturated rings. The van der Waals surface area contributed by atoms with Crippen LogP contribution in [-0.2, 0) is 9.47 Å². The third-order valence-corrected chi connectivity index (χ3v) is 5.64. The monoisotopic (exact) mass is 348 g/mol. The van der Waals surface area contributed by atoms with Crippen molar-refractivity contribution in [3.05, 3.63) is 11.4 Å². The van der Waals surface area contributed by atoms with E-state index in [1.54, 1.807) is 6.92 Å². The number of rotatable bonds is 5. The standard InChI is InChI=1S/C17H24N4O4/c1-11-18-13(12(15(22)24-3)14(19-11)23-2)20-16-8-17(9-16,10-16)21-4-6-25-7-5-21/h4-10H2,1-3H3,(H,18,19,20). The number of carbonyl (C=O) groups excluding carboxylic acids is 1. The molecule has 1 aliphatic heterocycles. The molecule has 0 unspecified atom stereocenters. The van der Waals surface area contributed by atoms with Crippen LogP contribution in [0.2, 0.25) is 0 Å². The second kappa shape index (κ2) is 5.81. The highest BCUT2D eigenvalue weighted by atomic mass is 16.5. The molecule has 0 radical (unpaired) electrons. The Balaban J connectivity index is 1.53. The van der Waals surface area contributed by atoms with Gasteiger partial charge in [-0.25, -0.2) is 9.78 Å². The van der Waals surface area contributed by atoms with Crippen LogP contribution in [0.5, 0.6) is 5.88 Å². The normalized spacial score (nSPS) is 30.8. The fourth-order valence-corrected chi connectivity index (χ4v) is 4.56. The Kier molecular flexibility index (Phi) is 3.84. The molecule has 0 spiro atoms. The fourth-order valence-electron chi connectivity index (χ4n) is 4.56. The van der Waals surface area contributed by atoms with E-state index in [9.17, 15) is 4.79 Å². The molecule has 0 atom stereocenters. The molecular formula is C17H24N4O4. The molecule has 1 aromatic rings. The zero-order valence-corrected chi connectivity index (χ0v) is 14.9. The van der Waals surface area contributed by atoms with Gasteiger partial charge in [-0.2, -0.15) is 4.98 Å². The van der Waals surface area contributed by atoms with Crippen molar-refractivity contribution >= 4 is 11.8 Å². The van der Waals surface area contributed by atoms with Gasteiger partial charge < -0.3 is 19.5 Å². The molecular weight excluding hydrogens is 324 g/mol. The molecule has 2 heterocycles. The average Bonchev–Trinajstić information content (AvgIpc) is 2.56. The minimum Gasteiger partial charge on any atom is -0.480 e. The zero-order chi connectivity index (χ0) is 17.7. The molecule has 1 aromatic heterocycles. The van der Waals surface area contributed by atoms with Gasteiger partial charge in [0.05, 0.1) is 27.4 Å². The molecule has 1 N–H and O–H groups in total. The SMILES string of the molecule is COC(=O)c1c(NC23CC(N4CCOCC4)(C2)C3)nc(C)nc1OC. The van der Waals surface area contributed by atoms with Crippen molar-refractivity contribution < 1.29 is 19.0 Å². The smallest absolute Gasteiger partial charge is 0.347 e. The third-order valence-electron chi connectivity index (χ3n) is 5.64. The van der Waals surface area contributed by atoms with Crippen molar-refractivity contribution in [2.45, 2.75) is 37.3 Å². The first kappa shape index (κ1) is 16.5. The lowest BCUT2D eigenvalue weighted by molar-refractivity contribution is -0.172. The van der Waals surface area contributed by atoms with Gasteiger partial charge in [-0.05, 0) is 26.2 Å². The number of ether oxygens (including phenoxy) is 3. The van der Waals surface area contributed by atoms with Crippen molar-refractivity contribution in [1.82, 2.24) is 14.9 Å². The van der Waals surface area contributed by atoms with Crippen LogP contribution >= 0.6 is 0 Å². The quantitative estimate of drug-likeness (QED) is 0.789. The highest BCUT2D eigenvalue weighted by molar-refractivity contribution is 5.97. The molecule has 2 bridgehead atoms. The van der Waals surface area contributed by atoms with Crippen molar-refractivity contribution in [2.24, 2.45) is 0 Å². The Morgan fingerprint density at radius 1 is 1.20 bits per heavy atom. The van der Waals surface area contributed by atoms with E-state index in [-0.39, 0.29) is 17.0 Å². The Morgan fingerprint density at radius 3 is 2.48 bits per heavy atom. The maximum Gasteiger partial charge on any atom is 0.347 e. The van der Waals surface area contributed by atoms with Gasteiger partial charge in [0.25, 0.3) is 0 Å². The molecule has 3 aliphatic carbocycles. The van der Waals surface area contributed by atoms with E-state index >= 15 is 0 Å². The van der Waals surface area contributed by atoms with Gasteiger partial charge in [0.2, 0.25) is 5.88 Å². The lowest BCUT2D eigenvalue weighted by atomic mass is 9.43. The molecule has 3 saturated carbocycles. The molecule has 4 aliphatic rings. The first-order valence-corrected chi connectivity index (χ1v) is 8.63. The van der Waals surface area contributed by atoms with Crippen LogP contribution in [-0.4, -0.2) is 72.4 Å². The zero-order valence-electron chi connectivity index (χ0n) is 14.9. The summed E-state index contributed by atoms with van der Waals surface area (Å²) in [4.78, 5) is 23.4. The van der Waals surface area contributed by atoms with Crippen LogP contribution in [0.4, 0.5) is 5.82 Å². The van der Waals surface area contributed by atoms with Gasteiger partial charge in [-0.3, -0.25) is 4.90 Å². The lowest BCUT2D eigenvalue weighted by Gasteiger charge is -2.74. The van der Waals surface area contributed by atoms with Gasteiger partial charge >= 0.3 is 5.97 Å². The van der Waals surface area contributed by atoms with Gasteiger partial charge in [0.15, 0.2) is 5.56 Å². The summed E-state index contributed by atoms with van der Waals surface area (Å²) in [6.07, 6.45) is 3.18. The van der Waals surface area contributed by atoms with E-state index in [1.807, 2.05) is 0 Å². The van der Waals surface area contributed by atoms with E-state index in [0.29, 0.717) is 17.2 Å². The van der Waals surface area contributed by atoms with E-state index in [2.05, 4.69) is 20.2 Å². The average molecular weight is 348 g/mol. The van der Waals surface area contributed by atoms with Crippen LogP contribution in [0.25, 0.3) is 0 Å². The largest absolute Gasteiger partial charge is 0.480 e. The van der Waals surface area contributed by atoms with Crippen LogP contribution in [0.1, 0.15) is 35.4 Å². The Hall–Kier alpha value is -1.93. The van der Waals surface area contributed by atoms with Gasteiger partial charge in [0, 0.05) is 24.2 Å². The van der Waals surface area contributed by atoms with Crippen molar-refractivity contribution in [1.29, 1.82) is 0 Å². The molecule has 1 saturated heterocycles. The number of nitrogens with zero attached hydrogens (tertiary/aromatic N) is 3. The number of aryl methyl sites for hydroxylation is 1. The number of anilines is 1. The van der Waals surface area contributed by atoms with E-state index < -0.39 is 5.97 Å². The number of morpholine rings is 1. The summed E-state index contributed by atoms with van der Waals surface area (Å²) in [5.74, 6) is 0.818. The molecule has 8 heteroatoms. The highest BCUT2D eigenvalue weighted by Crippen LogP contribution is 2.65. The lowest BCUT2D eigenvalue weighted by Crippen LogP contribution is -2.82. The topological polar surface area (TPSA) is 85.8 Å². The Labute approximate surface area is 146 Å². The fraction of sp³-hybridized carbons (Fsp3) is 0.706. The number of esters is 1. The summed E-state index contributed by atoms with van der Waals surface area (Å²) in [5, 5.41) is 3.49. The van der Waals surface area contributed by atoms with Gasteiger partial charge in [0.1, 0.15) is 11.6 Å². The summed E-state index contributed by atoms with van der Waals surface area (Å²) in [5.41, 5.74) is 0.571.